The SMILES string of the molecule is CCc1sc(-c2cc(O[C@@H](C)C(F)(F)F)c(C(=O)Nc3c(F)cccc3Cl)cc2F)nc1C(=O)O. The van der Waals surface area contributed by atoms with Gasteiger partial charge in [-0.1, -0.05) is 24.6 Å². The van der Waals surface area contributed by atoms with Crippen molar-refractivity contribution in [1.82, 2.24) is 4.98 Å². The highest BCUT2D eigenvalue weighted by atomic mass is 35.5. The van der Waals surface area contributed by atoms with Crippen LogP contribution in [0.15, 0.2) is 30.3 Å². The van der Waals surface area contributed by atoms with Crippen molar-refractivity contribution in [3.8, 4) is 16.3 Å². The molecule has 6 nitrogen and oxygen atoms in total. The molecule has 1 aromatic heterocycles. The molecule has 0 radical (unpaired) electrons. The molecule has 1 amide bonds. The molecule has 3 rings (SSSR count). The molecule has 0 unspecified atom stereocenters. The van der Waals surface area contributed by atoms with Gasteiger partial charge in [0.1, 0.15) is 22.4 Å². The van der Waals surface area contributed by atoms with Crippen molar-refractivity contribution in [2.24, 2.45) is 0 Å². The zero-order valence-corrected chi connectivity index (χ0v) is 19.5. The monoisotopic (exact) mass is 534 g/mol. The molecule has 0 saturated carbocycles. The fraction of sp³-hybridized carbons (Fsp3) is 0.227. The average molecular weight is 535 g/mol. The molecule has 0 saturated heterocycles. The van der Waals surface area contributed by atoms with Crippen molar-refractivity contribution in [1.29, 1.82) is 0 Å². The van der Waals surface area contributed by atoms with Crippen LogP contribution in [0.25, 0.3) is 10.6 Å². The molecule has 3 aromatic rings. The molecule has 0 fully saturated rings. The molecule has 186 valence electrons. The Kier molecular flexibility index (Phi) is 7.65. The third-order valence-corrected chi connectivity index (χ3v) is 6.28. The van der Waals surface area contributed by atoms with Crippen LogP contribution >= 0.6 is 22.9 Å². The summed E-state index contributed by atoms with van der Waals surface area (Å²) in [4.78, 5) is 28.4. The molecular weight excluding hydrogens is 519 g/mol. The highest BCUT2D eigenvalue weighted by molar-refractivity contribution is 7.15. The lowest BCUT2D eigenvalue weighted by Crippen LogP contribution is -2.32. The number of alkyl halides is 3. The van der Waals surface area contributed by atoms with Gasteiger partial charge in [0.2, 0.25) is 0 Å². The molecule has 0 aliphatic heterocycles. The van der Waals surface area contributed by atoms with E-state index >= 15 is 4.39 Å². The quantitative estimate of drug-likeness (QED) is 0.334. The van der Waals surface area contributed by atoms with E-state index in [0.29, 0.717) is 17.9 Å². The summed E-state index contributed by atoms with van der Waals surface area (Å²) in [6.45, 7) is 2.33. The predicted octanol–water partition coefficient (Wildman–Crippen LogP) is 6.58. The number of ether oxygens (including phenoxy) is 1. The Morgan fingerprint density at radius 1 is 1.23 bits per heavy atom. The minimum atomic E-state index is -4.83. The Morgan fingerprint density at radius 3 is 2.46 bits per heavy atom. The van der Waals surface area contributed by atoms with Crippen LogP contribution in [0.3, 0.4) is 0 Å². The van der Waals surface area contributed by atoms with Crippen LogP contribution < -0.4 is 10.1 Å². The third kappa shape index (κ3) is 5.70. The Hall–Kier alpha value is -3.25. The first-order valence-electron chi connectivity index (χ1n) is 9.89. The van der Waals surface area contributed by atoms with Gasteiger partial charge in [0.05, 0.1) is 16.3 Å². The number of aryl methyl sites for hydroxylation is 1. The van der Waals surface area contributed by atoms with E-state index in [1.165, 1.54) is 12.1 Å². The highest BCUT2D eigenvalue weighted by Crippen LogP contribution is 2.37. The number of nitrogens with one attached hydrogen (secondary N) is 1. The number of anilines is 1. The fourth-order valence-corrected chi connectivity index (χ4v) is 4.14. The molecule has 35 heavy (non-hydrogen) atoms. The van der Waals surface area contributed by atoms with E-state index in [9.17, 15) is 32.3 Å². The van der Waals surface area contributed by atoms with Crippen LogP contribution in [0.4, 0.5) is 27.6 Å². The van der Waals surface area contributed by atoms with E-state index in [1.807, 2.05) is 0 Å². The number of para-hydroxylation sites is 1. The number of amides is 1. The number of halogens is 6. The Balaban J connectivity index is 2.12. The van der Waals surface area contributed by atoms with Gasteiger partial charge in [-0.15, -0.1) is 11.3 Å². The Morgan fingerprint density at radius 2 is 1.91 bits per heavy atom. The van der Waals surface area contributed by atoms with Crippen LogP contribution in [0.5, 0.6) is 5.75 Å². The van der Waals surface area contributed by atoms with Crippen molar-refractivity contribution in [2.75, 3.05) is 5.32 Å². The van der Waals surface area contributed by atoms with Gasteiger partial charge < -0.3 is 15.2 Å². The second-order valence-corrected chi connectivity index (χ2v) is 8.62. The number of hydrogen-bond donors (Lipinski definition) is 2. The number of hydrogen-bond acceptors (Lipinski definition) is 5. The van der Waals surface area contributed by atoms with E-state index in [-0.39, 0.29) is 27.7 Å². The van der Waals surface area contributed by atoms with Crippen molar-refractivity contribution in [3.05, 3.63) is 63.1 Å². The summed E-state index contributed by atoms with van der Waals surface area (Å²) in [7, 11) is 0. The summed E-state index contributed by atoms with van der Waals surface area (Å²) < 4.78 is 73.6. The lowest BCUT2D eigenvalue weighted by molar-refractivity contribution is -0.189. The van der Waals surface area contributed by atoms with Crippen molar-refractivity contribution in [2.45, 2.75) is 32.5 Å². The fourth-order valence-electron chi connectivity index (χ4n) is 2.92. The largest absolute Gasteiger partial charge is 0.480 e. The molecule has 0 spiro atoms. The Bertz CT molecular complexity index is 1280. The van der Waals surface area contributed by atoms with E-state index in [1.54, 1.807) is 6.92 Å². The van der Waals surface area contributed by atoms with Gasteiger partial charge in [0.25, 0.3) is 5.91 Å². The number of carbonyl (C=O) groups excluding carboxylic acids is 1. The summed E-state index contributed by atoms with van der Waals surface area (Å²) in [5.41, 5.74) is -1.83. The predicted molar refractivity (Wildman–Crippen MR) is 119 cm³/mol. The highest BCUT2D eigenvalue weighted by Gasteiger charge is 2.39. The molecule has 0 bridgehead atoms. The van der Waals surface area contributed by atoms with Crippen LogP contribution in [0.2, 0.25) is 5.02 Å². The molecular formula is C22H16ClF5N2O4S. The third-order valence-electron chi connectivity index (χ3n) is 4.73. The standard InChI is InChI=1S/C22H16ClF5N2O4S/c1-3-16-18(21(32)33)30-20(35-16)10-8-15(34-9(2)22(26,27)28)11(7-14(10)25)19(31)29-17-12(23)5-4-6-13(17)24/h4-9H,3H2,1-2H3,(H,29,31)(H,32,33)/t9-/m0/s1. The van der Waals surface area contributed by atoms with Crippen LogP contribution in [-0.4, -0.2) is 34.2 Å². The van der Waals surface area contributed by atoms with Crippen molar-refractivity contribution < 1.29 is 41.4 Å². The van der Waals surface area contributed by atoms with Gasteiger partial charge >= 0.3 is 12.1 Å². The van der Waals surface area contributed by atoms with E-state index in [0.717, 1.165) is 23.5 Å². The summed E-state index contributed by atoms with van der Waals surface area (Å²) in [6, 6.07) is 4.94. The number of nitrogens with zero attached hydrogens (tertiary/aromatic N) is 1. The van der Waals surface area contributed by atoms with Crippen LogP contribution in [0, 0.1) is 11.6 Å². The van der Waals surface area contributed by atoms with Crippen LogP contribution in [-0.2, 0) is 6.42 Å². The Labute approximate surface area is 204 Å². The number of benzene rings is 2. The second-order valence-electron chi connectivity index (χ2n) is 7.13. The number of aromatic carboxylic acids is 1. The van der Waals surface area contributed by atoms with Gasteiger partial charge in [-0.2, -0.15) is 13.2 Å². The smallest absolute Gasteiger partial charge is 0.425 e. The molecule has 13 heteroatoms. The molecule has 0 aliphatic rings. The summed E-state index contributed by atoms with van der Waals surface area (Å²) in [5.74, 6) is -5.24. The zero-order valence-electron chi connectivity index (χ0n) is 18.0. The van der Waals surface area contributed by atoms with E-state index in [2.05, 4.69) is 10.3 Å². The van der Waals surface area contributed by atoms with E-state index in [4.69, 9.17) is 16.3 Å². The first kappa shape index (κ1) is 26.4. The normalized spacial score (nSPS) is 12.3. The second kappa shape index (κ2) is 10.2. The lowest BCUT2D eigenvalue weighted by Gasteiger charge is -2.20. The first-order valence-corrected chi connectivity index (χ1v) is 11.1. The maximum atomic E-state index is 15.1. The number of rotatable bonds is 7. The molecule has 0 aliphatic carbocycles. The van der Waals surface area contributed by atoms with E-state index < -0.39 is 52.8 Å². The average Bonchev–Trinajstić information content (AvgIpc) is 3.21. The van der Waals surface area contributed by atoms with Gasteiger partial charge in [-0.05, 0) is 37.6 Å². The number of carbonyl (C=O) groups is 2. The van der Waals surface area contributed by atoms with Gasteiger partial charge in [-0.25, -0.2) is 18.6 Å². The molecule has 2 N–H and O–H groups in total. The number of carboxylic acid groups (broad SMARTS) is 1. The van der Waals surface area contributed by atoms with Crippen LogP contribution in [0.1, 0.15) is 39.6 Å². The zero-order chi connectivity index (χ0) is 26.1. The van der Waals surface area contributed by atoms with Crippen molar-refractivity contribution >= 4 is 40.5 Å². The van der Waals surface area contributed by atoms with Gasteiger partial charge in [-0.3, -0.25) is 4.79 Å². The van der Waals surface area contributed by atoms with Crippen molar-refractivity contribution in [3.63, 3.8) is 0 Å². The molecule has 1 atom stereocenters. The minimum Gasteiger partial charge on any atom is -0.480 e. The summed E-state index contributed by atoms with van der Waals surface area (Å²) in [5, 5.41) is 11.1. The lowest BCUT2D eigenvalue weighted by atomic mass is 10.1. The summed E-state index contributed by atoms with van der Waals surface area (Å²) >= 11 is 6.71. The number of aromatic nitrogens is 1. The molecule has 2 aromatic carbocycles. The number of thiazole rings is 1. The first-order chi connectivity index (χ1) is 16.3. The number of carboxylic acids is 1. The topological polar surface area (TPSA) is 88.5 Å². The maximum Gasteiger partial charge on any atom is 0.425 e. The van der Waals surface area contributed by atoms with Gasteiger partial charge in [0, 0.05) is 10.4 Å². The minimum absolute atomic E-state index is 0.134. The molecule has 1 heterocycles. The summed E-state index contributed by atoms with van der Waals surface area (Å²) in [6.07, 6.45) is -6.97. The van der Waals surface area contributed by atoms with Gasteiger partial charge in [0.15, 0.2) is 11.8 Å². The maximum absolute atomic E-state index is 15.1.